The van der Waals surface area contributed by atoms with E-state index in [1.807, 2.05) is 0 Å². The van der Waals surface area contributed by atoms with E-state index in [1.54, 1.807) is 13.0 Å². The molecule has 0 amide bonds. The van der Waals surface area contributed by atoms with Gasteiger partial charge in [-0.15, -0.1) is 11.3 Å². The smallest absolute Gasteiger partial charge is 0.321 e. The molecule has 0 aromatic carbocycles. The maximum Gasteiger partial charge on any atom is 0.321 e. The molecule has 20 heavy (non-hydrogen) atoms. The number of ether oxygens (including phenoxy) is 1. The summed E-state index contributed by atoms with van der Waals surface area (Å²) in [5.74, 6) is -0.520. The van der Waals surface area contributed by atoms with Crippen molar-refractivity contribution in [3.05, 3.63) is 13.6 Å². The zero-order valence-corrected chi connectivity index (χ0v) is 15.4. The lowest BCUT2D eigenvalue weighted by Crippen LogP contribution is -2.38. The van der Waals surface area contributed by atoms with Crippen molar-refractivity contribution in [2.45, 2.75) is 30.7 Å². The van der Waals surface area contributed by atoms with Crippen molar-refractivity contribution in [1.29, 1.82) is 0 Å². The van der Waals surface area contributed by atoms with Gasteiger partial charge in [-0.1, -0.05) is 0 Å². The van der Waals surface area contributed by atoms with E-state index < -0.39 is 16.0 Å². The highest BCUT2D eigenvalue weighted by atomic mass is 79.9. The molecule has 1 aliphatic rings. The molecule has 0 atom stereocenters. The summed E-state index contributed by atoms with van der Waals surface area (Å²) < 4.78 is 32.7. The summed E-state index contributed by atoms with van der Waals surface area (Å²) >= 11 is 7.81. The van der Waals surface area contributed by atoms with E-state index in [4.69, 9.17) is 4.74 Å². The summed E-state index contributed by atoms with van der Waals surface area (Å²) in [6.07, 6.45) is 1.56. The molecule has 0 N–H and O–H groups in total. The Balaban J connectivity index is 2.28. The van der Waals surface area contributed by atoms with Crippen LogP contribution in [0.25, 0.3) is 0 Å². The number of nitrogens with zero attached hydrogens (tertiary/aromatic N) is 1. The van der Waals surface area contributed by atoms with E-state index in [0.29, 0.717) is 3.79 Å². The third kappa shape index (κ3) is 3.62. The van der Waals surface area contributed by atoms with E-state index in [0.717, 1.165) is 16.6 Å². The highest BCUT2D eigenvalue weighted by molar-refractivity contribution is 9.12. The van der Waals surface area contributed by atoms with Crippen LogP contribution >= 0.6 is 43.2 Å². The van der Waals surface area contributed by atoms with Gasteiger partial charge in [0.05, 0.1) is 14.2 Å². The van der Waals surface area contributed by atoms with Gasteiger partial charge >= 0.3 is 5.97 Å². The highest BCUT2D eigenvalue weighted by Crippen LogP contribution is 2.39. The molecule has 0 spiro atoms. The second-order valence-electron chi connectivity index (χ2n) is 4.27. The van der Waals surface area contributed by atoms with Crippen LogP contribution < -0.4 is 0 Å². The van der Waals surface area contributed by atoms with Crippen molar-refractivity contribution in [2.75, 3.05) is 13.2 Å². The Labute approximate surface area is 138 Å². The van der Waals surface area contributed by atoms with E-state index >= 15 is 0 Å². The molecule has 1 aromatic rings. The molecule has 1 heterocycles. The van der Waals surface area contributed by atoms with Crippen LogP contribution in [0.2, 0.25) is 0 Å². The predicted molar refractivity (Wildman–Crippen MR) is 83.3 cm³/mol. The number of halogens is 2. The average molecular weight is 447 g/mol. The number of carbonyl (C=O) groups is 1. The van der Waals surface area contributed by atoms with Crippen molar-refractivity contribution in [1.82, 2.24) is 4.31 Å². The first kappa shape index (κ1) is 16.4. The van der Waals surface area contributed by atoms with Crippen LogP contribution in [0.4, 0.5) is 0 Å². The SMILES string of the molecule is CCOC(=O)CN(C1CC1)S(=O)(=O)c1cc(Br)sc1Br. The van der Waals surface area contributed by atoms with Gasteiger partial charge in [-0.2, -0.15) is 4.31 Å². The summed E-state index contributed by atoms with van der Waals surface area (Å²) in [6, 6.07) is 1.44. The molecule has 0 aliphatic heterocycles. The van der Waals surface area contributed by atoms with Gasteiger partial charge in [-0.3, -0.25) is 4.79 Å². The van der Waals surface area contributed by atoms with Crippen LogP contribution in [0.1, 0.15) is 19.8 Å². The molecule has 0 bridgehead atoms. The minimum atomic E-state index is -3.70. The fraction of sp³-hybridized carbons (Fsp3) is 0.545. The lowest BCUT2D eigenvalue weighted by molar-refractivity contribution is -0.143. The van der Waals surface area contributed by atoms with Gasteiger partial charge in [-0.25, -0.2) is 8.42 Å². The van der Waals surface area contributed by atoms with Crippen LogP contribution in [0, 0.1) is 0 Å². The first-order valence-corrected chi connectivity index (χ1v) is 9.82. The van der Waals surface area contributed by atoms with Crippen LogP contribution in [0.3, 0.4) is 0 Å². The Bertz CT molecular complexity index is 610. The van der Waals surface area contributed by atoms with Gasteiger partial charge in [0.2, 0.25) is 10.0 Å². The molecular weight excluding hydrogens is 434 g/mol. The van der Waals surface area contributed by atoms with Crippen molar-refractivity contribution in [2.24, 2.45) is 0 Å². The molecule has 1 aromatic heterocycles. The van der Waals surface area contributed by atoms with Crippen molar-refractivity contribution in [3.8, 4) is 0 Å². The summed E-state index contributed by atoms with van der Waals surface area (Å²) in [7, 11) is -3.70. The maximum absolute atomic E-state index is 12.7. The molecule has 9 heteroatoms. The normalized spacial score (nSPS) is 15.6. The van der Waals surface area contributed by atoms with E-state index in [-0.39, 0.29) is 24.1 Å². The largest absolute Gasteiger partial charge is 0.465 e. The topological polar surface area (TPSA) is 63.7 Å². The molecule has 0 saturated heterocycles. The first-order valence-electron chi connectivity index (χ1n) is 5.98. The van der Waals surface area contributed by atoms with E-state index in [1.165, 1.54) is 15.6 Å². The van der Waals surface area contributed by atoms with Crippen LogP contribution in [0.5, 0.6) is 0 Å². The molecular formula is C11H13Br2NO4S2. The van der Waals surface area contributed by atoms with E-state index in [2.05, 4.69) is 31.9 Å². The van der Waals surface area contributed by atoms with Gasteiger partial charge in [0.1, 0.15) is 11.4 Å². The number of thiophene rings is 1. The Hall–Kier alpha value is 0.0400. The summed E-state index contributed by atoms with van der Waals surface area (Å²) in [5, 5.41) is 0. The minimum Gasteiger partial charge on any atom is -0.465 e. The number of rotatable bonds is 6. The van der Waals surface area contributed by atoms with Crippen LogP contribution in [-0.4, -0.2) is 37.9 Å². The number of hydrogen-bond donors (Lipinski definition) is 0. The average Bonchev–Trinajstić information content (AvgIpc) is 3.11. The van der Waals surface area contributed by atoms with Gasteiger partial charge in [-0.05, 0) is 57.7 Å². The molecule has 0 radical (unpaired) electrons. The zero-order chi connectivity index (χ0) is 14.9. The quantitative estimate of drug-likeness (QED) is 0.630. The number of hydrogen-bond acceptors (Lipinski definition) is 5. The number of carbonyl (C=O) groups excluding carboxylic acids is 1. The molecule has 5 nitrogen and oxygen atoms in total. The predicted octanol–water partition coefficient (Wildman–Crippen LogP) is 2.99. The molecule has 0 unspecified atom stereocenters. The second-order valence-corrected chi connectivity index (χ2v) is 9.88. The summed E-state index contributed by atoms with van der Waals surface area (Å²) in [4.78, 5) is 11.8. The third-order valence-corrected chi connectivity index (χ3v) is 7.41. The second kappa shape index (κ2) is 6.43. The zero-order valence-electron chi connectivity index (χ0n) is 10.6. The standard InChI is InChI=1S/C11H13Br2NO4S2/c1-2-18-10(15)6-14(7-3-4-7)20(16,17)8-5-9(12)19-11(8)13/h5,7H,2-4,6H2,1H3. The van der Waals surface area contributed by atoms with Crippen molar-refractivity contribution < 1.29 is 17.9 Å². The minimum absolute atomic E-state index is 0.102. The highest BCUT2D eigenvalue weighted by Gasteiger charge is 2.40. The first-order chi connectivity index (χ1) is 9.36. The lowest BCUT2D eigenvalue weighted by atomic mass is 10.6. The van der Waals surface area contributed by atoms with Crippen LogP contribution in [0.15, 0.2) is 18.5 Å². The number of sulfonamides is 1. The van der Waals surface area contributed by atoms with E-state index in [9.17, 15) is 13.2 Å². The molecule has 112 valence electrons. The fourth-order valence-corrected chi connectivity index (χ4v) is 7.13. The Morgan fingerprint density at radius 3 is 2.60 bits per heavy atom. The van der Waals surface area contributed by atoms with Crippen LogP contribution in [-0.2, 0) is 19.6 Å². The lowest BCUT2D eigenvalue weighted by Gasteiger charge is -2.20. The molecule has 1 aliphatic carbocycles. The monoisotopic (exact) mass is 445 g/mol. The Kier molecular flexibility index (Phi) is 5.28. The Morgan fingerprint density at radius 1 is 1.50 bits per heavy atom. The Morgan fingerprint density at radius 2 is 2.15 bits per heavy atom. The maximum atomic E-state index is 12.7. The van der Waals surface area contributed by atoms with Gasteiger partial charge in [0, 0.05) is 6.04 Å². The molecule has 1 saturated carbocycles. The third-order valence-electron chi connectivity index (χ3n) is 2.76. The van der Waals surface area contributed by atoms with Crippen molar-refractivity contribution in [3.63, 3.8) is 0 Å². The fourth-order valence-electron chi connectivity index (χ4n) is 1.73. The summed E-state index contributed by atoms with van der Waals surface area (Å²) in [5.41, 5.74) is 0. The van der Waals surface area contributed by atoms with Gasteiger partial charge < -0.3 is 4.74 Å². The van der Waals surface area contributed by atoms with Gasteiger partial charge in [0.25, 0.3) is 0 Å². The molecule has 2 rings (SSSR count). The van der Waals surface area contributed by atoms with Crippen molar-refractivity contribution >= 4 is 59.2 Å². The number of esters is 1. The summed E-state index contributed by atoms with van der Waals surface area (Å²) in [6.45, 7) is 1.70. The molecule has 1 fully saturated rings. The van der Waals surface area contributed by atoms with Gasteiger partial charge in [0.15, 0.2) is 0 Å².